The van der Waals surface area contributed by atoms with E-state index in [9.17, 15) is 12.6 Å². The fraction of sp³-hybridized carbons (Fsp3) is 1.00. The van der Waals surface area contributed by atoms with E-state index in [2.05, 4.69) is 4.72 Å². The third kappa shape index (κ3) is 7.73. The van der Waals surface area contributed by atoms with Gasteiger partial charge in [-0.2, -0.15) is 0 Å². The smallest absolute Gasteiger partial charge is 0.211 e. The van der Waals surface area contributed by atoms with Crippen LogP contribution in [0.4, 0.5) is 0 Å². The molecular formula is C7H16ClNO3S2. The Hall–Kier alpha value is 0.350. The second-order valence-electron chi connectivity index (χ2n) is 3.12. The first-order valence-electron chi connectivity index (χ1n) is 4.23. The van der Waals surface area contributed by atoms with E-state index in [0.717, 1.165) is 0 Å². The molecule has 0 radical (unpaired) electrons. The van der Waals surface area contributed by atoms with Gasteiger partial charge in [-0.1, -0.05) is 0 Å². The molecular weight excluding hydrogens is 246 g/mol. The SMILES string of the molecule is CC(CS(C)=O)NS(=O)(=O)CCCCl. The van der Waals surface area contributed by atoms with Crippen LogP contribution >= 0.6 is 11.6 Å². The van der Waals surface area contributed by atoms with Gasteiger partial charge < -0.3 is 0 Å². The Balaban J connectivity index is 4.02. The van der Waals surface area contributed by atoms with Gasteiger partial charge in [-0.05, 0) is 13.3 Å². The van der Waals surface area contributed by atoms with Crippen molar-refractivity contribution in [3.63, 3.8) is 0 Å². The molecule has 14 heavy (non-hydrogen) atoms. The molecule has 0 aliphatic rings. The molecule has 0 rings (SSSR count). The van der Waals surface area contributed by atoms with E-state index in [0.29, 0.717) is 18.1 Å². The molecule has 4 nitrogen and oxygen atoms in total. The number of sulfonamides is 1. The maximum Gasteiger partial charge on any atom is 0.211 e. The molecule has 0 aromatic rings. The maximum absolute atomic E-state index is 11.3. The topological polar surface area (TPSA) is 63.2 Å². The zero-order valence-corrected chi connectivity index (χ0v) is 10.7. The summed E-state index contributed by atoms with van der Waals surface area (Å²) in [7, 11) is -4.25. The third-order valence-electron chi connectivity index (χ3n) is 1.41. The molecule has 0 aromatic carbocycles. The number of hydrogen-bond donors (Lipinski definition) is 1. The molecule has 0 aliphatic heterocycles. The zero-order valence-electron chi connectivity index (χ0n) is 8.32. The van der Waals surface area contributed by atoms with E-state index in [1.807, 2.05) is 0 Å². The number of halogens is 1. The Morgan fingerprint density at radius 2 is 2.07 bits per heavy atom. The van der Waals surface area contributed by atoms with Crippen molar-refractivity contribution in [3.05, 3.63) is 0 Å². The highest BCUT2D eigenvalue weighted by Gasteiger charge is 2.14. The summed E-state index contributed by atoms with van der Waals surface area (Å²) in [6.45, 7) is 1.69. The quantitative estimate of drug-likeness (QED) is 0.671. The van der Waals surface area contributed by atoms with Crippen LogP contribution in [0.1, 0.15) is 13.3 Å². The molecule has 1 N–H and O–H groups in total. The minimum Gasteiger partial charge on any atom is -0.260 e. The van der Waals surface area contributed by atoms with Crippen molar-refractivity contribution in [2.75, 3.05) is 23.6 Å². The Kier molecular flexibility index (Phi) is 6.93. The van der Waals surface area contributed by atoms with Crippen molar-refractivity contribution in [1.82, 2.24) is 4.72 Å². The molecule has 0 amide bonds. The van der Waals surface area contributed by atoms with Crippen molar-refractivity contribution >= 4 is 32.4 Å². The van der Waals surface area contributed by atoms with Gasteiger partial charge >= 0.3 is 0 Å². The third-order valence-corrected chi connectivity index (χ3v) is 4.24. The molecule has 0 aromatic heterocycles. The normalized spacial score (nSPS) is 16.5. The summed E-state index contributed by atoms with van der Waals surface area (Å²) >= 11 is 5.39. The number of alkyl halides is 1. The summed E-state index contributed by atoms with van der Waals surface area (Å²) in [5.41, 5.74) is 0. The van der Waals surface area contributed by atoms with Crippen LogP contribution < -0.4 is 4.72 Å². The van der Waals surface area contributed by atoms with Gasteiger partial charge in [0, 0.05) is 34.7 Å². The molecule has 2 unspecified atom stereocenters. The largest absolute Gasteiger partial charge is 0.260 e. The van der Waals surface area contributed by atoms with Crippen LogP contribution in [0.15, 0.2) is 0 Å². The Morgan fingerprint density at radius 3 is 2.50 bits per heavy atom. The Labute approximate surface area is 92.9 Å². The van der Waals surface area contributed by atoms with Gasteiger partial charge in [0.05, 0.1) is 5.75 Å². The van der Waals surface area contributed by atoms with Crippen molar-refractivity contribution in [3.8, 4) is 0 Å². The van der Waals surface area contributed by atoms with Crippen LogP contribution in [-0.2, 0) is 20.8 Å². The molecule has 86 valence electrons. The highest BCUT2D eigenvalue weighted by atomic mass is 35.5. The summed E-state index contributed by atoms with van der Waals surface area (Å²) in [5, 5.41) is 0. The Morgan fingerprint density at radius 1 is 1.50 bits per heavy atom. The first kappa shape index (κ1) is 14.3. The molecule has 2 atom stereocenters. The first-order valence-corrected chi connectivity index (χ1v) is 8.15. The standard InChI is InChI=1S/C7H16ClNO3S2/c1-7(6-13(2)10)9-14(11,12)5-3-4-8/h7,9H,3-6H2,1-2H3. The average molecular weight is 262 g/mol. The molecule has 7 heteroatoms. The van der Waals surface area contributed by atoms with Crippen LogP contribution in [-0.4, -0.2) is 42.3 Å². The van der Waals surface area contributed by atoms with Gasteiger partial charge in [0.15, 0.2) is 0 Å². The van der Waals surface area contributed by atoms with Crippen molar-refractivity contribution < 1.29 is 12.6 Å². The van der Waals surface area contributed by atoms with Gasteiger partial charge in [0.1, 0.15) is 0 Å². The predicted molar refractivity (Wildman–Crippen MR) is 60.7 cm³/mol. The van der Waals surface area contributed by atoms with Crippen molar-refractivity contribution in [1.29, 1.82) is 0 Å². The van der Waals surface area contributed by atoms with Gasteiger partial charge in [0.25, 0.3) is 0 Å². The predicted octanol–water partition coefficient (Wildman–Crippen LogP) is 0.302. The molecule has 0 aliphatic carbocycles. The average Bonchev–Trinajstić information content (AvgIpc) is 1.98. The van der Waals surface area contributed by atoms with Crippen LogP contribution in [0.5, 0.6) is 0 Å². The summed E-state index contributed by atoms with van der Waals surface area (Å²) in [6.07, 6.45) is 1.97. The molecule has 0 bridgehead atoms. The van der Waals surface area contributed by atoms with E-state index < -0.39 is 20.8 Å². The first-order chi connectivity index (χ1) is 6.37. The number of rotatable bonds is 7. The minimum atomic E-state index is -3.26. The van der Waals surface area contributed by atoms with E-state index in [1.54, 1.807) is 13.2 Å². The number of hydrogen-bond acceptors (Lipinski definition) is 3. The lowest BCUT2D eigenvalue weighted by Gasteiger charge is -2.12. The Bertz CT molecular complexity index is 279. The lowest BCUT2D eigenvalue weighted by molar-refractivity contribution is 0.569. The number of nitrogens with one attached hydrogen (secondary N) is 1. The van der Waals surface area contributed by atoms with Gasteiger partial charge in [-0.15, -0.1) is 11.6 Å². The van der Waals surface area contributed by atoms with E-state index in [-0.39, 0.29) is 11.8 Å². The van der Waals surface area contributed by atoms with Crippen LogP contribution in [0.2, 0.25) is 0 Å². The molecule has 0 fully saturated rings. The van der Waals surface area contributed by atoms with Crippen LogP contribution in [0.3, 0.4) is 0 Å². The summed E-state index contributed by atoms with van der Waals surface area (Å²) < 4.78 is 35.9. The van der Waals surface area contributed by atoms with Crippen LogP contribution in [0.25, 0.3) is 0 Å². The molecule has 0 saturated heterocycles. The lowest BCUT2D eigenvalue weighted by atomic mass is 10.4. The van der Waals surface area contributed by atoms with Gasteiger partial charge in [0.2, 0.25) is 10.0 Å². The van der Waals surface area contributed by atoms with Crippen molar-refractivity contribution in [2.24, 2.45) is 0 Å². The van der Waals surface area contributed by atoms with E-state index in [1.165, 1.54) is 0 Å². The van der Waals surface area contributed by atoms with E-state index >= 15 is 0 Å². The summed E-state index contributed by atoms with van der Waals surface area (Å²) in [6, 6.07) is -0.291. The zero-order chi connectivity index (χ0) is 11.2. The molecule has 0 spiro atoms. The van der Waals surface area contributed by atoms with Crippen LogP contribution in [0, 0.1) is 0 Å². The maximum atomic E-state index is 11.3. The van der Waals surface area contributed by atoms with Gasteiger partial charge in [-0.3, -0.25) is 4.21 Å². The van der Waals surface area contributed by atoms with Crippen molar-refractivity contribution in [2.45, 2.75) is 19.4 Å². The minimum absolute atomic E-state index is 0.0250. The summed E-state index contributed by atoms with van der Waals surface area (Å²) in [4.78, 5) is 0. The highest BCUT2D eigenvalue weighted by Crippen LogP contribution is 1.95. The molecule has 0 heterocycles. The van der Waals surface area contributed by atoms with E-state index in [4.69, 9.17) is 11.6 Å². The lowest BCUT2D eigenvalue weighted by Crippen LogP contribution is -2.37. The fourth-order valence-corrected chi connectivity index (χ4v) is 3.52. The summed E-state index contributed by atoms with van der Waals surface area (Å²) in [5.74, 6) is 0.687. The highest BCUT2D eigenvalue weighted by molar-refractivity contribution is 7.89. The molecule has 0 saturated carbocycles. The second kappa shape index (κ2) is 6.76. The monoisotopic (exact) mass is 261 g/mol. The second-order valence-corrected chi connectivity index (χ2v) is 6.85. The fourth-order valence-electron chi connectivity index (χ4n) is 0.996. The van der Waals surface area contributed by atoms with Gasteiger partial charge in [-0.25, -0.2) is 13.1 Å².